The number of hydrogen-bond acceptors (Lipinski definition) is 7. The van der Waals surface area contributed by atoms with E-state index in [4.69, 9.17) is 0 Å². The van der Waals surface area contributed by atoms with Crippen LogP contribution >= 0.6 is 0 Å². The molecule has 0 aliphatic carbocycles. The SMILES string of the molecule is CC(C)c1nc(N(C)C)nc(N2CCCC(S(=O)(=O)N3CCc4ccccc43)C2)n1. The van der Waals surface area contributed by atoms with Crippen LogP contribution in [0.5, 0.6) is 0 Å². The Hall–Kier alpha value is -2.42. The summed E-state index contributed by atoms with van der Waals surface area (Å²) in [6.07, 6.45) is 2.21. The summed E-state index contributed by atoms with van der Waals surface area (Å²) in [6, 6.07) is 7.79. The Morgan fingerprint density at radius 3 is 2.60 bits per heavy atom. The Balaban J connectivity index is 1.61. The summed E-state index contributed by atoms with van der Waals surface area (Å²) in [5.74, 6) is 2.05. The van der Waals surface area contributed by atoms with Gasteiger partial charge in [-0.3, -0.25) is 4.31 Å². The summed E-state index contributed by atoms with van der Waals surface area (Å²) < 4.78 is 28.6. The Labute approximate surface area is 179 Å². The molecule has 0 amide bonds. The maximum Gasteiger partial charge on any atom is 0.239 e. The summed E-state index contributed by atoms with van der Waals surface area (Å²) in [6.45, 7) is 5.76. The van der Waals surface area contributed by atoms with E-state index in [1.807, 2.05) is 62.0 Å². The van der Waals surface area contributed by atoms with Gasteiger partial charge in [0, 0.05) is 39.6 Å². The van der Waals surface area contributed by atoms with Gasteiger partial charge in [-0.25, -0.2) is 8.42 Å². The van der Waals surface area contributed by atoms with Crippen LogP contribution < -0.4 is 14.1 Å². The van der Waals surface area contributed by atoms with Gasteiger partial charge in [0.2, 0.25) is 21.9 Å². The van der Waals surface area contributed by atoms with Gasteiger partial charge in [0.05, 0.1) is 10.9 Å². The van der Waals surface area contributed by atoms with E-state index in [1.165, 1.54) is 0 Å². The zero-order valence-corrected chi connectivity index (χ0v) is 18.9. The van der Waals surface area contributed by atoms with Crippen LogP contribution in [-0.4, -0.2) is 62.3 Å². The van der Waals surface area contributed by atoms with Crippen molar-refractivity contribution in [2.24, 2.45) is 0 Å². The number of aromatic nitrogens is 3. The number of piperidine rings is 1. The highest BCUT2D eigenvalue weighted by molar-refractivity contribution is 7.93. The summed E-state index contributed by atoms with van der Waals surface area (Å²) in [5, 5.41) is -0.473. The van der Waals surface area contributed by atoms with Crippen molar-refractivity contribution in [2.45, 2.75) is 44.3 Å². The lowest BCUT2D eigenvalue weighted by Crippen LogP contribution is -2.48. The van der Waals surface area contributed by atoms with E-state index < -0.39 is 15.3 Å². The molecule has 0 N–H and O–H groups in total. The van der Waals surface area contributed by atoms with Crippen LogP contribution in [0.4, 0.5) is 17.6 Å². The first kappa shape index (κ1) is 20.8. The molecule has 1 atom stereocenters. The number of sulfonamides is 1. The Bertz CT molecular complexity index is 998. The van der Waals surface area contributed by atoms with Gasteiger partial charge in [0.25, 0.3) is 0 Å². The summed E-state index contributed by atoms with van der Waals surface area (Å²) in [4.78, 5) is 17.7. The molecule has 2 aliphatic rings. The molecule has 162 valence electrons. The van der Waals surface area contributed by atoms with Crippen LogP contribution in [0.25, 0.3) is 0 Å². The number of rotatable bonds is 5. The van der Waals surface area contributed by atoms with Crippen molar-refractivity contribution in [1.82, 2.24) is 15.0 Å². The lowest BCUT2D eigenvalue weighted by molar-refractivity contribution is 0.523. The van der Waals surface area contributed by atoms with Crippen LogP contribution in [0.3, 0.4) is 0 Å². The highest BCUT2D eigenvalue weighted by Crippen LogP contribution is 2.33. The van der Waals surface area contributed by atoms with Crippen molar-refractivity contribution >= 4 is 27.6 Å². The van der Waals surface area contributed by atoms with E-state index >= 15 is 0 Å². The predicted octanol–water partition coefficient (Wildman–Crippen LogP) is 2.42. The predicted molar refractivity (Wildman–Crippen MR) is 120 cm³/mol. The number of fused-ring (bicyclic) bond motifs is 1. The van der Waals surface area contributed by atoms with E-state index in [2.05, 4.69) is 15.0 Å². The second-order valence-electron chi connectivity index (χ2n) is 8.55. The highest BCUT2D eigenvalue weighted by atomic mass is 32.2. The van der Waals surface area contributed by atoms with Crippen LogP contribution in [0.1, 0.15) is 44.0 Å². The third-order valence-corrected chi connectivity index (χ3v) is 8.00. The molecule has 3 heterocycles. The Kier molecular flexibility index (Phi) is 5.57. The first-order valence-corrected chi connectivity index (χ1v) is 12.1. The molecular weight excluding hydrogens is 400 g/mol. The summed E-state index contributed by atoms with van der Waals surface area (Å²) in [5.41, 5.74) is 1.93. The van der Waals surface area contributed by atoms with Gasteiger partial charge in [0.15, 0.2) is 0 Å². The summed E-state index contributed by atoms with van der Waals surface area (Å²) >= 11 is 0. The number of para-hydroxylation sites is 1. The van der Waals surface area contributed by atoms with Crippen molar-refractivity contribution < 1.29 is 8.42 Å². The zero-order chi connectivity index (χ0) is 21.5. The molecule has 4 rings (SSSR count). The molecule has 2 aliphatic heterocycles. The van der Waals surface area contributed by atoms with E-state index in [0.717, 1.165) is 36.5 Å². The van der Waals surface area contributed by atoms with Crippen molar-refractivity contribution in [2.75, 3.05) is 47.8 Å². The molecule has 0 bridgehead atoms. The first-order chi connectivity index (χ1) is 14.3. The van der Waals surface area contributed by atoms with Gasteiger partial charge >= 0.3 is 0 Å². The highest BCUT2D eigenvalue weighted by Gasteiger charge is 2.38. The van der Waals surface area contributed by atoms with E-state index in [9.17, 15) is 8.42 Å². The second kappa shape index (κ2) is 8.02. The molecule has 0 spiro atoms. The van der Waals surface area contributed by atoms with E-state index in [0.29, 0.717) is 31.4 Å². The summed E-state index contributed by atoms with van der Waals surface area (Å²) in [7, 11) is 0.342. The third-order valence-electron chi connectivity index (χ3n) is 5.78. The standard InChI is InChI=1S/C21H30N6O2S/c1-15(2)19-22-20(25(3)4)24-21(23-19)26-12-7-9-17(14-26)30(28,29)27-13-11-16-8-5-6-10-18(16)27/h5-6,8,10,15,17H,7,9,11-14H2,1-4H3. The molecule has 9 heteroatoms. The minimum atomic E-state index is -3.46. The average molecular weight is 431 g/mol. The monoisotopic (exact) mass is 430 g/mol. The first-order valence-electron chi connectivity index (χ1n) is 10.5. The third kappa shape index (κ3) is 3.82. The number of hydrogen-bond donors (Lipinski definition) is 0. The second-order valence-corrected chi connectivity index (χ2v) is 10.7. The van der Waals surface area contributed by atoms with Crippen LogP contribution in [0.15, 0.2) is 24.3 Å². The molecule has 8 nitrogen and oxygen atoms in total. The molecule has 30 heavy (non-hydrogen) atoms. The molecule has 1 fully saturated rings. The van der Waals surface area contributed by atoms with E-state index in [-0.39, 0.29) is 5.92 Å². The smallest absolute Gasteiger partial charge is 0.239 e. The van der Waals surface area contributed by atoms with Crippen molar-refractivity contribution in [3.8, 4) is 0 Å². The van der Waals surface area contributed by atoms with Gasteiger partial charge in [-0.1, -0.05) is 32.0 Å². The largest absolute Gasteiger partial charge is 0.347 e. The van der Waals surface area contributed by atoms with Crippen molar-refractivity contribution in [3.63, 3.8) is 0 Å². The van der Waals surface area contributed by atoms with Crippen LogP contribution in [0, 0.1) is 0 Å². The van der Waals surface area contributed by atoms with Gasteiger partial charge in [-0.05, 0) is 30.9 Å². The molecule has 2 aromatic rings. The van der Waals surface area contributed by atoms with Gasteiger partial charge in [-0.15, -0.1) is 0 Å². The van der Waals surface area contributed by atoms with Gasteiger partial charge in [-0.2, -0.15) is 15.0 Å². The quantitative estimate of drug-likeness (QED) is 0.720. The van der Waals surface area contributed by atoms with Crippen molar-refractivity contribution in [1.29, 1.82) is 0 Å². The fraction of sp³-hybridized carbons (Fsp3) is 0.571. The fourth-order valence-corrected chi connectivity index (χ4v) is 6.07. The molecule has 1 saturated heterocycles. The molecule has 1 aromatic carbocycles. The topological polar surface area (TPSA) is 82.5 Å². The minimum Gasteiger partial charge on any atom is -0.347 e. The molecule has 0 saturated carbocycles. The average Bonchev–Trinajstić information content (AvgIpc) is 3.18. The Morgan fingerprint density at radius 1 is 1.10 bits per heavy atom. The van der Waals surface area contributed by atoms with Crippen LogP contribution in [-0.2, 0) is 16.4 Å². The number of nitrogens with zero attached hydrogens (tertiary/aromatic N) is 6. The molecule has 1 unspecified atom stereocenters. The fourth-order valence-electron chi connectivity index (χ4n) is 4.08. The minimum absolute atomic E-state index is 0.163. The zero-order valence-electron chi connectivity index (χ0n) is 18.1. The van der Waals surface area contributed by atoms with Crippen molar-refractivity contribution in [3.05, 3.63) is 35.7 Å². The number of anilines is 3. The molecule has 1 aromatic heterocycles. The lowest BCUT2D eigenvalue weighted by Gasteiger charge is -2.35. The van der Waals surface area contributed by atoms with Gasteiger partial charge in [0.1, 0.15) is 5.82 Å². The van der Waals surface area contributed by atoms with Gasteiger partial charge < -0.3 is 9.80 Å². The van der Waals surface area contributed by atoms with E-state index in [1.54, 1.807) is 4.31 Å². The molecule has 0 radical (unpaired) electrons. The molecular formula is C21H30N6O2S. The normalized spacial score (nSPS) is 19.3. The maximum atomic E-state index is 13.5. The maximum absolute atomic E-state index is 13.5. The van der Waals surface area contributed by atoms with Crippen LogP contribution in [0.2, 0.25) is 0 Å². The lowest BCUT2D eigenvalue weighted by atomic mass is 10.1. The Morgan fingerprint density at radius 2 is 1.87 bits per heavy atom. The number of benzene rings is 1.